The zero-order chi connectivity index (χ0) is 12.3. The van der Waals surface area contributed by atoms with Crippen molar-refractivity contribution in [2.24, 2.45) is 10.2 Å². The van der Waals surface area contributed by atoms with Crippen molar-refractivity contribution in [1.82, 2.24) is 0 Å². The maximum atomic E-state index is 5.56. The SMILES string of the molecule is CO[NH2+]/C=C\C=C/CN=Nc1ccc(N)cc1. The Kier molecular flexibility index (Phi) is 6.32. The van der Waals surface area contributed by atoms with E-state index in [2.05, 4.69) is 10.2 Å². The van der Waals surface area contributed by atoms with Crippen molar-refractivity contribution in [2.75, 3.05) is 19.4 Å². The lowest BCUT2D eigenvalue weighted by Gasteiger charge is -1.92. The molecular weight excluding hydrogens is 216 g/mol. The highest BCUT2D eigenvalue weighted by Gasteiger charge is 1.87. The third-order valence-electron chi connectivity index (χ3n) is 1.84. The maximum Gasteiger partial charge on any atom is 0.125 e. The Morgan fingerprint density at radius 2 is 2.06 bits per heavy atom. The van der Waals surface area contributed by atoms with Crippen molar-refractivity contribution < 1.29 is 10.3 Å². The summed E-state index contributed by atoms with van der Waals surface area (Å²) < 4.78 is 0. The topological polar surface area (TPSA) is 76.6 Å². The van der Waals surface area contributed by atoms with E-state index in [0.717, 1.165) is 11.4 Å². The number of benzene rings is 1. The molecular formula is C12H17N4O+. The van der Waals surface area contributed by atoms with E-state index in [-0.39, 0.29) is 0 Å². The first-order valence-electron chi connectivity index (χ1n) is 5.24. The smallest absolute Gasteiger partial charge is 0.125 e. The highest BCUT2D eigenvalue weighted by atomic mass is 16.6. The van der Waals surface area contributed by atoms with E-state index in [4.69, 9.17) is 10.6 Å². The average molecular weight is 233 g/mol. The lowest BCUT2D eigenvalue weighted by Crippen LogP contribution is -2.75. The number of hydrogen-bond acceptors (Lipinski definition) is 4. The van der Waals surface area contributed by atoms with Gasteiger partial charge in [0.05, 0.1) is 19.3 Å². The Morgan fingerprint density at radius 1 is 1.29 bits per heavy atom. The Hall–Kier alpha value is -1.98. The fraction of sp³-hybridized carbons (Fsp3) is 0.167. The lowest BCUT2D eigenvalue weighted by molar-refractivity contribution is -0.842. The van der Waals surface area contributed by atoms with Crippen LogP contribution in [0.5, 0.6) is 0 Å². The molecule has 17 heavy (non-hydrogen) atoms. The number of anilines is 1. The minimum Gasteiger partial charge on any atom is -0.399 e. The molecule has 0 aliphatic heterocycles. The van der Waals surface area contributed by atoms with Crippen molar-refractivity contribution in [3.63, 3.8) is 0 Å². The van der Waals surface area contributed by atoms with Crippen LogP contribution in [0.2, 0.25) is 0 Å². The van der Waals surface area contributed by atoms with Gasteiger partial charge in [-0.2, -0.15) is 15.7 Å². The van der Waals surface area contributed by atoms with Crippen molar-refractivity contribution in [1.29, 1.82) is 0 Å². The highest BCUT2D eigenvalue weighted by Crippen LogP contribution is 2.13. The molecule has 0 atom stereocenters. The number of nitrogens with zero attached hydrogens (tertiary/aromatic N) is 2. The summed E-state index contributed by atoms with van der Waals surface area (Å²) in [7, 11) is 1.61. The van der Waals surface area contributed by atoms with E-state index in [9.17, 15) is 0 Å². The molecule has 0 aromatic heterocycles. The summed E-state index contributed by atoms with van der Waals surface area (Å²) in [5, 5.41) is 8.05. The predicted molar refractivity (Wildman–Crippen MR) is 67.5 cm³/mol. The zero-order valence-corrected chi connectivity index (χ0v) is 9.78. The summed E-state index contributed by atoms with van der Waals surface area (Å²) in [6.07, 6.45) is 7.45. The molecule has 0 saturated carbocycles. The summed E-state index contributed by atoms with van der Waals surface area (Å²) in [5.41, 5.74) is 8.68. The first-order valence-corrected chi connectivity index (χ1v) is 5.24. The van der Waals surface area contributed by atoms with Gasteiger partial charge in [0.2, 0.25) is 0 Å². The van der Waals surface area contributed by atoms with Gasteiger partial charge >= 0.3 is 0 Å². The highest BCUT2D eigenvalue weighted by molar-refractivity contribution is 5.47. The van der Waals surface area contributed by atoms with Crippen molar-refractivity contribution in [2.45, 2.75) is 0 Å². The largest absolute Gasteiger partial charge is 0.399 e. The van der Waals surface area contributed by atoms with Crippen LogP contribution in [0.1, 0.15) is 0 Å². The molecule has 0 saturated heterocycles. The molecule has 0 fully saturated rings. The molecule has 0 amide bonds. The fourth-order valence-electron chi connectivity index (χ4n) is 1.04. The molecule has 1 aromatic carbocycles. The number of nitrogen functional groups attached to an aromatic ring is 1. The zero-order valence-electron chi connectivity index (χ0n) is 9.78. The Labute approximate surface area is 101 Å². The van der Waals surface area contributed by atoms with E-state index < -0.39 is 0 Å². The van der Waals surface area contributed by atoms with Gasteiger partial charge in [0.25, 0.3) is 0 Å². The van der Waals surface area contributed by atoms with E-state index >= 15 is 0 Å². The third kappa shape index (κ3) is 6.24. The van der Waals surface area contributed by atoms with E-state index in [1.807, 2.05) is 30.4 Å². The van der Waals surface area contributed by atoms with Crippen LogP contribution in [0, 0.1) is 0 Å². The van der Waals surface area contributed by atoms with Crippen molar-refractivity contribution >= 4 is 11.4 Å². The number of hydroxylamine groups is 1. The first-order chi connectivity index (χ1) is 8.33. The first kappa shape index (κ1) is 13.1. The third-order valence-corrected chi connectivity index (χ3v) is 1.84. The second-order valence-electron chi connectivity index (χ2n) is 3.20. The summed E-state index contributed by atoms with van der Waals surface area (Å²) in [6.45, 7) is 0.543. The molecule has 0 bridgehead atoms. The van der Waals surface area contributed by atoms with Crippen LogP contribution in [0.15, 0.2) is 58.9 Å². The molecule has 0 heterocycles. The molecule has 0 spiro atoms. The molecule has 90 valence electrons. The molecule has 0 unspecified atom stereocenters. The number of hydrogen-bond donors (Lipinski definition) is 2. The van der Waals surface area contributed by atoms with Gasteiger partial charge in [-0.05, 0) is 30.3 Å². The molecule has 1 rings (SSSR count). The standard InChI is InChI=1S/C12H16N4O/c1-17-15-10-4-2-3-9-14-16-12-7-5-11(13)6-8-12/h2-8,10,15H,9,13H2,1H3/p+1/b3-2-,10-4-,16-14?. The molecule has 5 nitrogen and oxygen atoms in total. The number of nitrogens with two attached hydrogens (primary N) is 2. The normalized spacial score (nSPS) is 12.1. The number of rotatable bonds is 6. The molecule has 0 aliphatic rings. The van der Waals surface area contributed by atoms with Crippen molar-refractivity contribution in [3.05, 3.63) is 48.7 Å². The van der Waals surface area contributed by atoms with Gasteiger partial charge in [0.1, 0.15) is 6.20 Å². The Balaban J connectivity index is 2.28. The number of quaternary nitrogens is 1. The van der Waals surface area contributed by atoms with E-state index in [1.54, 1.807) is 30.9 Å². The lowest BCUT2D eigenvalue weighted by atomic mass is 10.3. The molecule has 5 heteroatoms. The minimum absolute atomic E-state index is 0.543. The van der Waals surface area contributed by atoms with E-state index in [1.165, 1.54) is 0 Å². The van der Waals surface area contributed by atoms with Gasteiger partial charge in [0.15, 0.2) is 0 Å². The minimum atomic E-state index is 0.543. The number of allylic oxidation sites excluding steroid dienone is 2. The van der Waals surface area contributed by atoms with Crippen LogP contribution < -0.4 is 11.2 Å². The van der Waals surface area contributed by atoms with Crippen molar-refractivity contribution in [3.8, 4) is 0 Å². The van der Waals surface area contributed by atoms with Gasteiger partial charge in [-0.1, -0.05) is 12.2 Å². The van der Waals surface area contributed by atoms with Crippen LogP contribution in [-0.4, -0.2) is 13.7 Å². The summed E-state index contributed by atoms with van der Waals surface area (Å²) in [4.78, 5) is 4.74. The molecule has 4 N–H and O–H groups in total. The van der Waals surface area contributed by atoms with Gasteiger partial charge in [-0.15, -0.1) is 0 Å². The fourth-order valence-corrected chi connectivity index (χ4v) is 1.04. The second kappa shape index (κ2) is 8.20. The Bertz CT molecular complexity index is 395. The van der Waals surface area contributed by atoms with Gasteiger partial charge in [-0.25, -0.2) is 4.84 Å². The maximum absolute atomic E-state index is 5.56. The quantitative estimate of drug-likeness (QED) is 0.338. The van der Waals surface area contributed by atoms with Crippen LogP contribution in [0.4, 0.5) is 11.4 Å². The molecule has 1 aromatic rings. The predicted octanol–water partition coefficient (Wildman–Crippen LogP) is 1.55. The molecule has 0 aliphatic carbocycles. The molecule has 0 radical (unpaired) electrons. The Morgan fingerprint density at radius 3 is 2.76 bits per heavy atom. The van der Waals surface area contributed by atoms with E-state index in [0.29, 0.717) is 6.54 Å². The van der Waals surface area contributed by atoms with Gasteiger partial charge in [-0.3, -0.25) is 0 Å². The van der Waals surface area contributed by atoms with Gasteiger partial charge in [0, 0.05) is 5.69 Å². The van der Waals surface area contributed by atoms with Gasteiger partial charge < -0.3 is 5.73 Å². The van der Waals surface area contributed by atoms with Crippen LogP contribution >= 0.6 is 0 Å². The summed E-state index contributed by atoms with van der Waals surface area (Å²) in [6, 6.07) is 7.26. The summed E-state index contributed by atoms with van der Waals surface area (Å²) in [5.74, 6) is 0. The average Bonchev–Trinajstić information content (AvgIpc) is 2.35. The summed E-state index contributed by atoms with van der Waals surface area (Å²) >= 11 is 0. The second-order valence-corrected chi connectivity index (χ2v) is 3.20. The number of azo groups is 1. The van der Waals surface area contributed by atoms with Crippen LogP contribution in [-0.2, 0) is 4.84 Å². The van der Waals surface area contributed by atoms with Crippen LogP contribution in [0.25, 0.3) is 0 Å². The van der Waals surface area contributed by atoms with Crippen LogP contribution in [0.3, 0.4) is 0 Å². The monoisotopic (exact) mass is 233 g/mol.